The van der Waals surface area contributed by atoms with Gasteiger partial charge in [-0.15, -0.1) is 0 Å². The third-order valence-corrected chi connectivity index (χ3v) is 4.58. The summed E-state index contributed by atoms with van der Waals surface area (Å²) in [6.07, 6.45) is 1.63. The normalized spacial score (nSPS) is 10.4. The molecule has 0 spiro atoms. The number of pyridine rings is 1. The van der Waals surface area contributed by atoms with E-state index in [1.165, 1.54) is 5.56 Å². The van der Waals surface area contributed by atoms with E-state index in [9.17, 15) is 4.79 Å². The maximum absolute atomic E-state index is 12.6. The number of hydrogen-bond acceptors (Lipinski definition) is 5. The quantitative estimate of drug-likeness (QED) is 0.617. The van der Waals surface area contributed by atoms with Crippen LogP contribution in [0.3, 0.4) is 0 Å². The summed E-state index contributed by atoms with van der Waals surface area (Å²) in [5.74, 6) is 1.05. The highest BCUT2D eigenvalue weighted by Gasteiger charge is 2.12. The molecule has 0 aliphatic heterocycles. The summed E-state index contributed by atoms with van der Waals surface area (Å²) in [6.45, 7) is 6.01. The van der Waals surface area contributed by atoms with Gasteiger partial charge in [-0.25, -0.2) is 4.98 Å². The molecule has 0 saturated heterocycles. The molecule has 1 aromatic heterocycles. The molecular formula is C23H25N3O3. The first-order valence-electron chi connectivity index (χ1n) is 9.25. The maximum Gasteiger partial charge on any atom is 0.274 e. The second kappa shape index (κ2) is 8.65. The number of amides is 1. The molecule has 6 nitrogen and oxygen atoms in total. The predicted octanol–water partition coefficient (Wildman–Crippen LogP) is 5.02. The SMILES string of the molecule is COc1ccc(Nc2ccc(C(=O)Nc3c(C)cc(C)cc3C)nc2)cc1OC. The molecule has 0 bridgehead atoms. The Labute approximate surface area is 170 Å². The van der Waals surface area contributed by atoms with Gasteiger partial charge in [0, 0.05) is 17.4 Å². The zero-order valence-corrected chi connectivity index (χ0v) is 17.3. The summed E-state index contributed by atoms with van der Waals surface area (Å²) in [6, 6.07) is 13.1. The van der Waals surface area contributed by atoms with Gasteiger partial charge in [0.25, 0.3) is 5.91 Å². The summed E-state index contributed by atoms with van der Waals surface area (Å²) in [5, 5.41) is 6.21. The zero-order valence-electron chi connectivity index (χ0n) is 17.3. The molecular weight excluding hydrogens is 366 g/mol. The van der Waals surface area contributed by atoms with Crippen LogP contribution in [0.5, 0.6) is 11.5 Å². The second-order valence-corrected chi connectivity index (χ2v) is 6.85. The molecule has 1 amide bonds. The van der Waals surface area contributed by atoms with Crippen LogP contribution < -0.4 is 20.1 Å². The number of ether oxygens (including phenoxy) is 2. The maximum atomic E-state index is 12.6. The van der Waals surface area contributed by atoms with Gasteiger partial charge in [0.15, 0.2) is 11.5 Å². The molecule has 3 aromatic rings. The van der Waals surface area contributed by atoms with Gasteiger partial charge in [-0.1, -0.05) is 17.7 Å². The fourth-order valence-electron chi connectivity index (χ4n) is 3.24. The largest absolute Gasteiger partial charge is 0.493 e. The lowest BCUT2D eigenvalue weighted by molar-refractivity contribution is 0.102. The van der Waals surface area contributed by atoms with Crippen LogP contribution in [0.2, 0.25) is 0 Å². The van der Waals surface area contributed by atoms with Gasteiger partial charge in [0.1, 0.15) is 5.69 Å². The van der Waals surface area contributed by atoms with Crippen LogP contribution in [0.4, 0.5) is 17.1 Å². The molecule has 1 heterocycles. The topological polar surface area (TPSA) is 72.5 Å². The molecule has 0 saturated carbocycles. The standard InChI is InChI=1S/C23H25N3O3/c1-14-10-15(2)22(16(3)11-14)26-23(27)19-8-6-18(13-24-19)25-17-7-9-20(28-4)21(12-17)29-5/h6-13,25H,1-5H3,(H,26,27). The summed E-state index contributed by atoms with van der Waals surface area (Å²) in [5.41, 5.74) is 5.99. The van der Waals surface area contributed by atoms with Crippen LogP contribution >= 0.6 is 0 Å². The number of benzene rings is 2. The highest BCUT2D eigenvalue weighted by Crippen LogP contribution is 2.31. The van der Waals surface area contributed by atoms with Crippen molar-refractivity contribution in [2.45, 2.75) is 20.8 Å². The van der Waals surface area contributed by atoms with E-state index in [0.29, 0.717) is 17.2 Å². The van der Waals surface area contributed by atoms with E-state index in [1.54, 1.807) is 26.5 Å². The molecule has 0 aliphatic carbocycles. The number of methoxy groups -OCH3 is 2. The van der Waals surface area contributed by atoms with Crippen molar-refractivity contribution in [3.63, 3.8) is 0 Å². The Hall–Kier alpha value is -3.54. The number of nitrogens with one attached hydrogen (secondary N) is 2. The lowest BCUT2D eigenvalue weighted by Crippen LogP contribution is -2.15. The van der Waals surface area contributed by atoms with Crippen molar-refractivity contribution in [1.82, 2.24) is 4.98 Å². The van der Waals surface area contributed by atoms with Gasteiger partial charge in [0.2, 0.25) is 0 Å². The number of nitrogens with zero attached hydrogens (tertiary/aromatic N) is 1. The third kappa shape index (κ3) is 4.66. The van der Waals surface area contributed by atoms with Crippen molar-refractivity contribution in [2.75, 3.05) is 24.9 Å². The number of aromatic nitrogens is 1. The lowest BCUT2D eigenvalue weighted by atomic mass is 10.0. The van der Waals surface area contributed by atoms with Gasteiger partial charge in [-0.3, -0.25) is 4.79 Å². The monoisotopic (exact) mass is 391 g/mol. The number of rotatable bonds is 6. The van der Waals surface area contributed by atoms with Gasteiger partial charge >= 0.3 is 0 Å². The highest BCUT2D eigenvalue weighted by molar-refractivity contribution is 6.03. The van der Waals surface area contributed by atoms with Crippen molar-refractivity contribution >= 4 is 23.0 Å². The Morgan fingerprint density at radius 1 is 0.862 bits per heavy atom. The molecule has 2 aromatic carbocycles. The van der Waals surface area contributed by atoms with Crippen LogP contribution in [0.15, 0.2) is 48.7 Å². The van der Waals surface area contributed by atoms with E-state index in [-0.39, 0.29) is 5.91 Å². The summed E-state index contributed by atoms with van der Waals surface area (Å²) in [4.78, 5) is 16.9. The van der Waals surface area contributed by atoms with Crippen LogP contribution in [0.25, 0.3) is 0 Å². The molecule has 0 unspecified atom stereocenters. The average Bonchev–Trinajstić information content (AvgIpc) is 2.71. The minimum absolute atomic E-state index is 0.238. The zero-order chi connectivity index (χ0) is 21.0. The van der Waals surface area contributed by atoms with E-state index in [0.717, 1.165) is 28.2 Å². The number of hydrogen-bond donors (Lipinski definition) is 2. The van der Waals surface area contributed by atoms with E-state index >= 15 is 0 Å². The van der Waals surface area contributed by atoms with Gasteiger partial charge < -0.3 is 20.1 Å². The summed E-state index contributed by atoms with van der Waals surface area (Å²) < 4.78 is 10.6. The molecule has 0 atom stereocenters. The van der Waals surface area contributed by atoms with Crippen molar-refractivity contribution < 1.29 is 14.3 Å². The Morgan fingerprint density at radius 2 is 1.52 bits per heavy atom. The fraction of sp³-hybridized carbons (Fsp3) is 0.217. The second-order valence-electron chi connectivity index (χ2n) is 6.85. The first-order valence-corrected chi connectivity index (χ1v) is 9.25. The Bertz CT molecular complexity index is 1010. The Kier molecular flexibility index (Phi) is 6.02. The van der Waals surface area contributed by atoms with Gasteiger partial charge in [0.05, 0.1) is 26.1 Å². The Morgan fingerprint density at radius 3 is 2.10 bits per heavy atom. The molecule has 150 valence electrons. The molecule has 2 N–H and O–H groups in total. The molecule has 6 heteroatoms. The summed E-state index contributed by atoms with van der Waals surface area (Å²) >= 11 is 0. The number of anilines is 3. The van der Waals surface area contributed by atoms with Gasteiger partial charge in [-0.2, -0.15) is 0 Å². The molecule has 3 rings (SSSR count). The number of carbonyl (C=O) groups is 1. The summed E-state index contributed by atoms with van der Waals surface area (Å²) in [7, 11) is 3.19. The van der Waals surface area contributed by atoms with Crippen molar-refractivity contribution in [2.24, 2.45) is 0 Å². The van der Waals surface area contributed by atoms with E-state index in [1.807, 2.05) is 57.2 Å². The molecule has 0 fully saturated rings. The fourth-order valence-corrected chi connectivity index (χ4v) is 3.24. The third-order valence-electron chi connectivity index (χ3n) is 4.58. The first kappa shape index (κ1) is 20.2. The average molecular weight is 391 g/mol. The lowest BCUT2D eigenvalue weighted by Gasteiger charge is -2.13. The molecule has 29 heavy (non-hydrogen) atoms. The molecule has 0 aliphatic rings. The molecule has 0 radical (unpaired) electrons. The van der Waals surface area contributed by atoms with E-state index < -0.39 is 0 Å². The van der Waals surface area contributed by atoms with Crippen LogP contribution in [0, 0.1) is 20.8 Å². The minimum atomic E-state index is -0.238. The Balaban J connectivity index is 1.72. The highest BCUT2D eigenvalue weighted by atomic mass is 16.5. The van der Waals surface area contributed by atoms with E-state index in [2.05, 4.69) is 15.6 Å². The van der Waals surface area contributed by atoms with Crippen molar-refractivity contribution in [3.05, 3.63) is 71.0 Å². The number of carbonyl (C=O) groups excluding carboxylic acids is 1. The van der Waals surface area contributed by atoms with E-state index in [4.69, 9.17) is 9.47 Å². The first-order chi connectivity index (χ1) is 13.9. The minimum Gasteiger partial charge on any atom is -0.493 e. The number of aryl methyl sites for hydroxylation is 3. The van der Waals surface area contributed by atoms with Crippen molar-refractivity contribution in [3.8, 4) is 11.5 Å². The van der Waals surface area contributed by atoms with Crippen molar-refractivity contribution in [1.29, 1.82) is 0 Å². The van der Waals surface area contributed by atoms with Gasteiger partial charge in [-0.05, 0) is 56.2 Å². The van der Waals surface area contributed by atoms with Crippen LogP contribution in [0.1, 0.15) is 27.2 Å². The van der Waals surface area contributed by atoms with Crippen LogP contribution in [-0.4, -0.2) is 25.1 Å². The predicted molar refractivity (Wildman–Crippen MR) is 116 cm³/mol. The smallest absolute Gasteiger partial charge is 0.274 e. The van der Waals surface area contributed by atoms with Crippen LogP contribution in [-0.2, 0) is 0 Å².